The average Bonchev–Trinajstić information content (AvgIpc) is 3.28. The van der Waals surface area contributed by atoms with Crippen LogP contribution in [-0.2, 0) is 13.1 Å². The SMILES string of the molecule is COc1cc(CN(Cc2ccco2)C(=S)Nc2cc(C)ccc2Cl)cc(OC)c1OC. The van der Waals surface area contributed by atoms with E-state index in [0.717, 1.165) is 22.6 Å². The Morgan fingerprint density at radius 1 is 1.03 bits per heavy atom. The van der Waals surface area contributed by atoms with Crippen molar-refractivity contribution in [1.29, 1.82) is 0 Å². The van der Waals surface area contributed by atoms with Gasteiger partial charge in [-0.15, -0.1) is 0 Å². The number of nitrogens with zero attached hydrogens (tertiary/aromatic N) is 1. The van der Waals surface area contributed by atoms with Crippen molar-refractivity contribution < 1.29 is 18.6 Å². The van der Waals surface area contributed by atoms with Gasteiger partial charge in [0.2, 0.25) is 5.75 Å². The second kappa shape index (κ2) is 10.4. The van der Waals surface area contributed by atoms with Crippen LogP contribution >= 0.6 is 23.8 Å². The maximum Gasteiger partial charge on any atom is 0.203 e. The number of halogens is 1. The van der Waals surface area contributed by atoms with Gasteiger partial charge in [0.1, 0.15) is 5.76 Å². The van der Waals surface area contributed by atoms with Crippen molar-refractivity contribution in [3.05, 3.63) is 70.6 Å². The van der Waals surface area contributed by atoms with Gasteiger partial charge < -0.3 is 28.8 Å². The molecule has 0 unspecified atom stereocenters. The van der Waals surface area contributed by atoms with Gasteiger partial charge in [-0.3, -0.25) is 0 Å². The van der Waals surface area contributed by atoms with Crippen molar-refractivity contribution in [3.63, 3.8) is 0 Å². The first-order valence-electron chi connectivity index (χ1n) is 9.58. The molecule has 31 heavy (non-hydrogen) atoms. The number of aryl methyl sites for hydroxylation is 1. The van der Waals surface area contributed by atoms with Gasteiger partial charge in [-0.25, -0.2) is 0 Å². The van der Waals surface area contributed by atoms with E-state index in [4.69, 9.17) is 42.4 Å². The monoisotopic (exact) mass is 460 g/mol. The van der Waals surface area contributed by atoms with E-state index in [2.05, 4.69) is 5.32 Å². The molecule has 2 aromatic carbocycles. The van der Waals surface area contributed by atoms with Gasteiger partial charge in [0.25, 0.3) is 0 Å². The van der Waals surface area contributed by atoms with Gasteiger partial charge in [-0.05, 0) is 66.7 Å². The molecule has 0 aliphatic rings. The number of ether oxygens (including phenoxy) is 3. The fourth-order valence-corrected chi connectivity index (χ4v) is 3.57. The van der Waals surface area contributed by atoms with Crippen LogP contribution < -0.4 is 19.5 Å². The zero-order valence-corrected chi connectivity index (χ0v) is 19.5. The molecular weight excluding hydrogens is 436 g/mol. The third kappa shape index (κ3) is 5.62. The summed E-state index contributed by atoms with van der Waals surface area (Å²) in [5.74, 6) is 2.48. The van der Waals surface area contributed by atoms with Crippen molar-refractivity contribution in [2.75, 3.05) is 26.6 Å². The Labute approximate surface area is 192 Å². The molecule has 0 saturated carbocycles. The quantitative estimate of drug-likeness (QED) is 0.435. The van der Waals surface area contributed by atoms with Gasteiger partial charge >= 0.3 is 0 Å². The number of hydrogen-bond acceptors (Lipinski definition) is 5. The van der Waals surface area contributed by atoms with Crippen molar-refractivity contribution in [3.8, 4) is 17.2 Å². The molecule has 0 bridgehead atoms. The third-order valence-electron chi connectivity index (χ3n) is 4.68. The molecule has 1 aromatic heterocycles. The summed E-state index contributed by atoms with van der Waals surface area (Å²) in [5.41, 5.74) is 2.76. The predicted octanol–water partition coefficient (Wildman–Crippen LogP) is 5.67. The first kappa shape index (κ1) is 22.8. The molecule has 3 rings (SSSR count). The zero-order valence-electron chi connectivity index (χ0n) is 17.9. The van der Waals surface area contributed by atoms with Gasteiger partial charge in [0, 0.05) is 6.54 Å². The minimum atomic E-state index is 0.471. The van der Waals surface area contributed by atoms with E-state index in [0.29, 0.717) is 40.5 Å². The molecule has 0 amide bonds. The summed E-state index contributed by atoms with van der Waals surface area (Å²) in [6.45, 7) is 2.95. The van der Waals surface area contributed by atoms with Crippen LogP contribution in [-0.4, -0.2) is 31.3 Å². The molecule has 6 nitrogen and oxygen atoms in total. The standard InChI is InChI=1S/C23H25ClN2O4S/c1-15-7-8-18(24)19(10-15)25-23(31)26(14-17-6-5-9-30-17)13-16-11-20(27-2)22(29-4)21(12-16)28-3/h5-12H,13-14H2,1-4H3,(H,25,31). The summed E-state index contributed by atoms with van der Waals surface area (Å²) in [5, 5.41) is 4.37. The normalized spacial score (nSPS) is 10.5. The largest absolute Gasteiger partial charge is 0.493 e. The summed E-state index contributed by atoms with van der Waals surface area (Å²) < 4.78 is 21.9. The Morgan fingerprint density at radius 3 is 2.32 bits per heavy atom. The number of furan rings is 1. The van der Waals surface area contributed by atoms with Crippen molar-refractivity contribution in [1.82, 2.24) is 4.90 Å². The molecule has 0 spiro atoms. The summed E-state index contributed by atoms with van der Waals surface area (Å²) in [6, 6.07) is 13.3. The molecule has 0 fully saturated rings. The van der Waals surface area contributed by atoms with Crippen LogP contribution in [0.1, 0.15) is 16.9 Å². The van der Waals surface area contributed by atoms with E-state index >= 15 is 0 Å². The lowest BCUT2D eigenvalue weighted by molar-refractivity contribution is 0.321. The Morgan fingerprint density at radius 2 is 1.74 bits per heavy atom. The molecule has 0 aliphatic carbocycles. The van der Waals surface area contributed by atoms with Gasteiger partial charge in [-0.2, -0.15) is 0 Å². The van der Waals surface area contributed by atoms with Crippen molar-refractivity contribution >= 4 is 34.6 Å². The Kier molecular flexibility index (Phi) is 7.65. The van der Waals surface area contributed by atoms with Gasteiger partial charge in [-0.1, -0.05) is 17.7 Å². The number of anilines is 1. The molecule has 0 saturated heterocycles. The topological polar surface area (TPSA) is 56.1 Å². The average molecular weight is 461 g/mol. The maximum atomic E-state index is 6.35. The number of thiocarbonyl (C=S) groups is 1. The van der Waals surface area contributed by atoms with Gasteiger partial charge in [0.05, 0.1) is 44.8 Å². The Balaban J connectivity index is 1.90. The third-order valence-corrected chi connectivity index (χ3v) is 5.37. The lowest BCUT2D eigenvalue weighted by atomic mass is 10.1. The Bertz CT molecular complexity index is 1020. The number of rotatable bonds is 8. The van der Waals surface area contributed by atoms with Gasteiger partial charge in [0.15, 0.2) is 16.6 Å². The highest BCUT2D eigenvalue weighted by Crippen LogP contribution is 2.38. The van der Waals surface area contributed by atoms with Crippen molar-refractivity contribution in [2.24, 2.45) is 0 Å². The number of methoxy groups -OCH3 is 3. The summed E-state index contributed by atoms with van der Waals surface area (Å²) in [6.07, 6.45) is 1.64. The molecule has 0 aliphatic heterocycles. The highest BCUT2D eigenvalue weighted by Gasteiger charge is 2.18. The van der Waals surface area contributed by atoms with E-state index < -0.39 is 0 Å². The second-order valence-electron chi connectivity index (χ2n) is 6.88. The predicted molar refractivity (Wildman–Crippen MR) is 126 cm³/mol. The molecule has 1 heterocycles. The van der Waals surface area contributed by atoms with Crippen LogP contribution in [0.5, 0.6) is 17.2 Å². The molecule has 1 N–H and O–H groups in total. The molecule has 0 radical (unpaired) electrons. The molecule has 3 aromatic rings. The highest BCUT2D eigenvalue weighted by molar-refractivity contribution is 7.80. The van der Waals surface area contributed by atoms with Crippen LogP contribution in [0.15, 0.2) is 53.1 Å². The molecule has 8 heteroatoms. The molecular formula is C23H25ClN2O4S. The number of nitrogens with one attached hydrogen (secondary N) is 1. The minimum absolute atomic E-state index is 0.471. The zero-order chi connectivity index (χ0) is 22.4. The smallest absolute Gasteiger partial charge is 0.203 e. The van der Waals surface area contributed by atoms with Crippen LogP contribution in [0.25, 0.3) is 0 Å². The Hall–Kier alpha value is -2.90. The van der Waals surface area contributed by atoms with Crippen LogP contribution in [0, 0.1) is 6.92 Å². The first-order chi connectivity index (χ1) is 14.9. The van der Waals surface area contributed by atoms with E-state index in [1.807, 2.05) is 54.3 Å². The summed E-state index contributed by atoms with van der Waals surface area (Å²) >= 11 is 12.1. The van der Waals surface area contributed by atoms with E-state index in [9.17, 15) is 0 Å². The second-order valence-corrected chi connectivity index (χ2v) is 7.68. The van der Waals surface area contributed by atoms with E-state index in [1.54, 1.807) is 27.6 Å². The van der Waals surface area contributed by atoms with E-state index in [-0.39, 0.29) is 0 Å². The molecule has 0 atom stereocenters. The summed E-state index contributed by atoms with van der Waals surface area (Å²) in [7, 11) is 4.76. The highest BCUT2D eigenvalue weighted by atomic mass is 35.5. The van der Waals surface area contributed by atoms with E-state index in [1.165, 1.54) is 0 Å². The number of hydrogen-bond donors (Lipinski definition) is 1. The minimum Gasteiger partial charge on any atom is -0.493 e. The lowest BCUT2D eigenvalue weighted by Gasteiger charge is -2.26. The van der Waals surface area contributed by atoms with Crippen LogP contribution in [0.4, 0.5) is 5.69 Å². The number of benzene rings is 2. The fraction of sp³-hybridized carbons (Fsp3) is 0.261. The maximum absolute atomic E-state index is 6.35. The fourth-order valence-electron chi connectivity index (χ4n) is 3.17. The van der Waals surface area contributed by atoms with Crippen molar-refractivity contribution in [2.45, 2.75) is 20.0 Å². The first-order valence-corrected chi connectivity index (χ1v) is 10.4. The summed E-state index contributed by atoms with van der Waals surface area (Å²) in [4.78, 5) is 1.98. The molecule has 164 valence electrons. The van der Waals surface area contributed by atoms with Crippen LogP contribution in [0.3, 0.4) is 0 Å². The van der Waals surface area contributed by atoms with Crippen LogP contribution in [0.2, 0.25) is 5.02 Å². The lowest BCUT2D eigenvalue weighted by Crippen LogP contribution is -2.33.